The summed E-state index contributed by atoms with van der Waals surface area (Å²) in [5.41, 5.74) is 2.06. The first kappa shape index (κ1) is 11.4. The van der Waals surface area contributed by atoms with Gasteiger partial charge in [-0.1, -0.05) is 11.6 Å². The van der Waals surface area contributed by atoms with Crippen molar-refractivity contribution in [3.8, 4) is 5.75 Å². The molecule has 0 bridgehead atoms. The molecule has 0 atom stereocenters. The summed E-state index contributed by atoms with van der Waals surface area (Å²) in [4.78, 5) is 12.4. The molecule has 0 aliphatic carbocycles. The van der Waals surface area contributed by atoms with E-state index in [0.717, 1.165) is 12.0 Å². The van der Waals surface area contributed by atoms with Gasteiger partial charge in [-0.3, -0.25) is 4.79 Å². The van der Waals surface area contributed by atoms with Crippen LogP contribution in [0.1, 0.15) is 27.2 Å². The molecule has 0 unspecified atom stereocenters. The third kappa shape index (κ3) is 1.71. The van der Waals surface area contributed by atoms with E-state index in [0.29, 0.717) is 34.3 Å². The number of furan rings is 1. The summed E-state index contributed by atoms with van der Waals surface area (Å²) < 4.78 is 10.7. The maximum Gasteiger partial charge on any atom is 0.200 e. The summed E-state index contributed by atoms with van der Waals surface area (Å²) in [6, 6.07) is 5.17. The van der Waals surface area contributed by atoms with E-state index in [2.05, 4.69) is 0 Å². The number of hydrogen-bond acceptors (Lipinski definition) is 3. The first-order valence-corrected chi connectivity index (χ1v) is 6.08. The molecule has 3 nitrogen and oxygen atoms in total. The van der Waals surface area contributed by atoms with Crippen molar-refractivity contribution in [1.82, 2.24) is 0 Å². The largest absolute Gasteiger partial charge is 0.492 e. The van der Waals surface area contributed by atoms with E-state index in [1.807, 2.05) is 6.07 Å². The van der Waals surface area contributed by atoms with Gasteiger partial charge in [-0.05, 0) is 30.7 Å². The number of benzene rings is 1. The molecule has 0 fully saturated rings. The molecule has 1 aliphatic rings. The maximum absolute atomic E-state index is 12.4. The number of carbonyl (C=O) groups excluding carboxylic acids is 1. The van der Waals surface area contributed by atoms with Gasteiger partial charge in [0.25, 0.3) is 0 Å². The van der Waals surface area contributed by atoms with Gasteiger partial charge in [-0.25, -0.2) is 0 Å². The van der Waals surface area contributed by atoms with Crippen LogP contribution in [0, 0.1) is 6.92 Å². The van der Waals surface area contributed by atoms with Crippen LogP contribution in [0.25, 0.3) is 0 Å². The molecule has 0 spiro atoms. The molecule has 2 aromatic rings. The SMILES string of the molecule is Cc1occc1C(=O)c1cc(Cl)cc2c1OCC2. The van der Waals surface area contributed by atoms with Gasteiger partial charge in [0.15, 0.2) is 5.78 Å². The second kappa shape index (κ2) is 4.18. The minimum absolute atomic E-state index is 0.109. The standard InChI is InChI=1S/C14H11ClO3/c1-8-11(3-5-17-8)13(16)12-7-10(15)6-9-2-4-18-14(9)12/h3,5-7H,2,4H2,1H3. The molecule has 2 heterocycles. The molecule has 4 heteroatoms. The fourth-order valence-electron chi connectivity index (χ4n) is 2.20. The lowest BCUT2D eigenvalue weighted by atomic mass is 10.0. The second-order valence-electron chi connectivity index (χ2n) is 4.26. The summed E-state index contributed by atoms with van der Waals surface area (Å²) >= 11 is 6.04. The maximum atomic E-state index is 12.4. The number of fused-ring (bicyclic) bond motifs is 1. The quantitative estimate of drug-likeness (QED) is 0.779. The number of rotatable bonds is 2. The van der Waals surface area contributed by atoms with Crippen molar-refractivity contribution < 1.29 is 13.9 Å². The van der Waals surface area contributed by atoms with Gasteiger partial charge < -0.3 is 9.15 Å². The smallest absolute Gasteiger partial charge is 0.200 e. The topological polar surface area (TPSA) is 39.4 Å². The number of ether oxygens (including phenoxy) is 1. The molecule has 0 amide bonds. The Bertz CT molecular complexity index is 628. The van der Waals surface area contributed by atoms with E-state index in [9.17, 15) is 4.79 Å². The van der Waals surface area contributed by atoms with E-state index in [-0.39, 0.29) is 5.78 Å². The number of halogens is 1. The van der Waals surface area contributed by atoms with Crippen LogP contribution in [0.2, 0.25) is 5.02 Å². The van der Waals surface area contributed by atoms with E-state index in [1.54, 1.807) is 19.1 Å². The Balaban J connectivity index is 2.13. The Labute approximate surface area is 109 Å². The van der Waals surface area contributed by atoms with E-state index < -0.39 is 0 Å². The molecular formula is C14H11ClO3. The molecule has 0 radical (unpaired) electrons. The number of carbonyl (C=O) groups is 1. The zero-order chi connectivity index (χ0) is 12.7. The van der Waals surface area contributed by atoms with Crippen LogP contribution in [0.3, 0.4) is 0 Å². The van der Waals surface area contributed by atoms with Crippen LogP contribution in [0.4, 0.5) is 0 Å². The van der Waals surface area contributed by atoms with Gasteiger partial charge in [-0.15, -0.1) is 0 Å². The summed E-state index contributed by atoms with van der Waals surface area (Å²) in [6.07, 6.45) is 2.30. The fourth-order valence-corrected chi connectivity index (χ4v) is 2.44. The van der Waals surface area contributed by atoms with Crippen molar-refractivity contribution in [2.24, 2.45) is 0 Å². The predicted octanol–water partition coefficient (Wildman–Crippen LogP) is 3.41. The molecule has 18 heavy (non-hydrogen) atoms. The Hall–Kier alpha value is -1.74. The number of aryl methyl sites for hydroxylation is 1. The van der Waals surface area contributed by atoms with Gasteiger partial charge >= 0.3 is 0 Å². The van der Waals surface area contributed by atoms with Gasteiger partial charge in [0, 0.05) is 11.4 Å². The van der Waals surface area contributed by atoms with Crippen molar-refractivity contribution in [3.63, 3.8) is 0 Å². The normalized spacial score (nSPS) is 13.2. The van der Waals surface area contributed by atoms with Gasteiger partial charge in [0.1, 0.15) is 11.5 Å². The van der Waals surface area contributed by atoms with E-state index in [4.69, 9.17) is 20.8 Å². The van der Waals surface area contributed by atoms with E-state index in [1.165, 1.54) is 6.26 Å². The average Bonchev–Trinajstić information content (AvgIpc) is 2.95. The molecule has 1 aromatic heterocycles. The molecule has 0 saturated carbocycles. The molecule has 0 saturated heterocycles. The zero-order valence-electron chi connectivity index (χ0n) is 9.83. The van der Waals surface area contributed by atoms with Crippen molar-refractivity contribution >= 4 is 17.4 Å². The van der Waals surface area contributed by atoms with Crippen molar-refractivity contribution in [3.05, 3.63) is 51.9 Å². The molecule has 1 aliphatic heterocycles. The molecule has 0 N–H and O–H groups in total. The van der Waals surface area contributed by atoms with Gasteiger partial charge in [0.2, 0.25) is 0 Å². The minimum atomic E-state index is -0.109. The lowest BCUT2D eigenvalue weighted by Crippen LogP contribution is -2.04. The van der Waals surface area contributed by atoms with Gasteiger partial charge in [0.05, 0.1) is 24.0 Å². The van der Waals surface area contributed by atoms with Crippen LogP contribution >= 0.6 is 11.6 Å². The van der Waals surface area contributed by atoms with E-state index >= 15 is 0 Å². The third-order valence-electron chi connectivity index (χ3n) is 3.10. The van der Waals surface area contributed by atoms with Crippen LogP contribution in [0.5, 0.6) is 5.75 Å². The molecule has 3 rings (SSSR count). The monoisotopic (exact) mass is 262 g/mol. The van der Waals surface area contributed by atoms with Crippen LogP contribution in [-0.4, -0.2) is 12.4 Å². The predicted molar refractivity (Wildman–Crippen MR) is 67.5 cm³/mol. The van der Waals surface area contributed by atoms with Crippen LogP contribution < -0.4 is 4.74 Å². The first-order valence-electron chi connectivity index (χ1n) is 5.71. The fraction of sp³-hybridized carbons (Fsp3) is 0.214. The van der Waals surface area contributed by atoms with Crippen molar-refractivity contribution in [2.45, 2.75) is 13.3 Å². The first-order chi connectivity index (χ1) is 8.66. The summed E-state index contributed by atoms with van der Waals surface area (Å²) in [5, 5.41) is 0.559. The minimum Gasteiger partial charge on any atom is -0.492 e. The van der Waals surface area contributed by atoms with Crippen molar-refractivity contribution in [1.29, 1.82) is 0 Å². The molecule has 1 aromatic carbocycles. The highest BCUT2D eigenvalue weighted by Crippen LogP contribution is 2.34. The highest BCUT2D eigenvalue weighted by molar-refractivity contribution is 6.31. The summed E-state index contributed by atoms with van der Waals surface area (Å²) in [7, 11) is 0. The Kier molecular flexibility index (Phi) is 2.63. The average molecular weight is 263 g/mol. The van der Waals surface area contributed by atoms with Crippen molar-refractivity contribution in [2.75, 3.05) is 6.61 Å². The lowest BCUT2D eigenvalue weighted by molar-refractivity contribution is 0.103. The Morgan fingerprint density at radius 3 is 2.89 bits per heavy atom. The third-order valence-corrected chi connectivity index (χ3v) is 3.31. The van der Waals surface area contributed by atoms with Crippen LogP contribution in [0.15, 0.2) is 28.9 Å². The molecular weight excluding hydrogens is 252 g/mol. The highest BCUT2D eigenvalue weighted by atomic mass is 35.5. The summed E-state index contributed by atoms with van der Waals surface area (Å²) in [6.45, 7) is 2.36. The van der Waals surface area contributed by atoms with Crippen LogP contribution in [-0.2, 0) is 6.42 Å². The Morgan fingerprint density at radius 1 is 1.33 bits per heavy atom. The highest BCUT2D eigenvalue weighted by Gasteiger charge is 2.24. The molecule has 92 valence electrons. The number of hydrogen-bond donors (Lipinski definition) is 0. The lowest BCUT2D eigenvalue weighted by Gasteiger charge is -2.07. The second-order valence-corrected chi connectivity index (χ2v) is 4.70. The summed E-state index contributed by atoms with van der Waals surface area (Å²) in [5.74, 6) is 1.15. The Morgan fingerprint density at radius 2 is 2.17 bits per heavy atom. The van der Waals surface area contributed by atoms with Gasteiger partial charge in [-0.2, -0.15) is 0 Å². The number of ketones is 1. The zero-order valence-corrected chi connectivity index (χ0v) is 10.6.